The molecule has 122 valence electrons. The van der Waals surface area contributed by atoms with Crippen molar-refractivity contribution in [2.75, 3.05) is 6.54 Å². The maximum absolute atomic E-state index is 12.1. The van der Waals surface area contributed by atoms with E-state index in [1.54, 1.807) is 0 Å². The van der Waals surface area contributed by atoms with E-state index in [2.05, 4.69) is 26.6 Å². The van der Waals surface area contributed by atoms with Crippen molar-refractivity contribution in [3.05, 3.63) is 69.2 Å². The van der Waals surface area contributed by atoms with Crippen molar-refractivity contribution in [1.82, 2.24) is 10.6 Å². The SMILES string of the molecule is C[C@H](NCC(=O)N[C@H](C)c1ccc(Br)cc1)c1cccc(Cl)c1. The Labute approximate surface area is 150 Å². The largest absolute Gasteiger partial charge is 0.348 e. The van der Waals surface area contributed by atoms with Crippen LogP contribution in [0, 0.1) is 0 Å². The molecule has 23 heavy (non-hydrogen) atoms. The quantitative estimate of drug-likeness (QED) is 0.748. The van der Waals surface area contributed by atoms with E-state index in [1.165, 1.54) is 0 Å². The summed E-state index contributed by atoms with van der Waals surface area (Å²) < 4.78 is 1.02. The van der Waals surface area contributed by atoms with Crippen molar-refractivity contribution in [1.29, 1.82) is 0 Å². The van der Waals surface area contributed by atoms with Crippen LogP contribution in [0.3, 0.4) is 0 Å². The molecule has 0 aliphatic heterocycles. The van der Waals surface area contributed by atoms with Crippen LogP contribution < -0.4 is 10.6 Å². The molecule has 2 atom stereocenters. The Morgan fingerprint density at radius 1 is 1.09 bits per heavy atom. The molecule has 0 aliphatic carbocycles. The van der Waals surface area contributed by atoms with Gasteiger partial charge in [-0.05, 0) is 49.2 Å². The molecular weight excluding hydrogens is 376 g/mol. The molecule has 0 aliphatic rings. The van der Waals surface area contributed by atoms with Crippen molar-refractivity contribution in [2.24, 2.45) is 0 Å². The van der Waals surface area contributed by atoms with Gasteiger partial charge in [0.25, 0.3) is 0 Å². The predicted octanol–water partition coefficient (Wildman–Crippen LogP) is 4.63. The highest BCUT2D eigenvalue weighted by Crippen LogP contribution is 2.18. The fraction of sp³-hybridized carbons (Fsp3) is 0.278. The molecule has 2 aromatic carbocycles. The van der Waals surface area contributed by atoms with Crippen molar-refractivity contribution in [3.63, 3.8) is 0 Å². The number of amides is 1. The van der Waals surface area contributed by atoms with Gasteiger partial charge < -0.3 is 10.6 Å². The standard InChI is InChI=1S/C18H20BrClN2O/c1-12(15-4-3-5-17(20)10-15)21-11-18(23)22-13(2)14-6-8-16(19)9-7-14/h3-10,12-13,21H,11H2,1-2H3,(H,22,23)/t12-,13+/m0/s1. The summed E-state index contributed by atoms with van der Waals surface area (Å²) in [5, 5.41) is 6.90. The van der Waals surface area contributed by atoms with Gasteiger partial charge in [0.05, 0.1) is 12.6 Å². The molecule has 0 fully saturated rings. The van der Waals surface area contributed by atoms with Gasteiger partial charge >= 0.3 is 0 Å². The smallest absolute Gasteiger partial charge is 0.234 e. The molecule has 0 saturated carbocycles. The zero-order valence-electron chi connectivity index (χ0n) is 13.1. The lowest BCUT2D eigenvalue weighted by atomic mass is 10.1. The average molecular weight is 396 g/mol. The van der Waals surface area contributed by atoms with E-state index in [0.29, 0.717) is 5.02 Å². The Morgan fingerprint density at radius 3 is 2.43 bits per heavy atom. The minimum absolute atomic E-state index is 0.0288. The van der Waals surface area contributed by atoms with Gasteiger partial charge in [-0.2, -0.15) is 0 Å². The molecule has 2 rings (SSSR count). The van der Waals surface area contributed by atoms with E-state index in [1.807, 2.05) is 62.4 Å². The predicted molar refractivity (Wildman–Crippen MR) is 98.6 cm³/mol. The number of rotatable bonds is 6. The minimum Gasteiger partial charge on any atom is -0.348 e. The molecule has 0 bridgehead atoms. The van der Waals surface area contributed by atoms with Gasteiger partial charge in [0, 0.05) is 15.5 Å². The fourth-order valence-electron chi connectivity index (χ4n) is 2.27. The number of benzene rings is 2. The van der Waals surface area contributed by atoms with Gasteiger partial charge in [0.15, 0.2) is 0 Å². The Bertz CT molecular complexity index is 660. The van der Waals surface area contributed by atoms with E-state index < -0.39 is 0 Å². The molecule has 0 unspecified atom stereocenters. The lowest BCUT2D eigenvalue weighted by molar-refractivity contribution is -0.121. The molecule has 2 N–H and O–H groups in total. The third-order valence-electron chi connectivity index (χ3n) is 3.66. The summed E-state index contributed by atoms with van der Waals surface area (Å²) in [6, 6.07) is 15.6. The molecule has 0 saturated heterocycles. The number of nitrogens with one attached hydrogen (secondary N) is 2. The van der Waals surface area contributed by atoms with Crippen LogP contribution in [-0.2, 0) is 4.79 Å². The minimum atomic E-state index is -0.0331. The van der Waals surface area contributed by atoms with Gasteiger partial charge in [0.1, 0.15) is 0 Å². The third kappa shape index (κ3) is 5.65. The summed E-state index contributed by atoms with van der Waals surface area (Å²) in [6.45, 7) is 4.24. The highest BCUT2D eigenvalue weighted by Gasteiger charge is 2.11. The number of carbonyl (C=O) groups is 1. The second kappa shape index (κ2) is 8.48. The van der Waals surface area contributed by atoms with Crippen LogP contribution in [0.4, 0.5) is 0 Å². The zero-order chi connectivity index (χ0) is 16.8. The van der Waals surface area contributed by atoms with Crippen LogP contribution in [0.5, 0.6) is 0 Å². The summed E-state index contributed by atoms with van der Waals surface area (Å²) in [5.41, 5.74) is 2.13. The Morgan fingerprint density at radius 2 is 1.78 bits per heavy atom. The van der Waals surface area contributed by atoms with E-state index >= 15 is 0 Å². The van der Waals surface area contributed by atoms with E-state index in [4.69, 9.17) is 11.6 Å². The maximum Gasteiger partial charge on any atom is 0.234 e. The summed E-state index contributed by atoms with van der Waals surface area (Å²) >= 11 is 9.40. The van der Waals surface area contributed by atoms with Crippen molar-refractivity contribution in [3.8, 4) is 0 Å². The van der Waals surface area contributed by atoms with Crippen LogP contribution in [0.15, 0.2) is 53.0 Å². The second-order valence-electron chi connectivity index (χ2n) is 5.50. The average Bonchev–Trinajstić information content (AvgIpc) is 2.53. The fourth-order valence-corrected chi connectivity index (χ4v) is 2.73. The summed E-state index contributed by atoms with van der Waals surface area (Å²) in [5.74, 6) is -0.0331. The van der Waals surface area contributed by atoms with Crippen molar-refractivity contribution >= 4 is 33.4 Å². The molecule has 5 heteroatoms. The first kappa shape index (κ1) is 18.0. The van der Waals surface area contributed by atoms with Gasteiger partial charge in [-0.25, -0.2) is 0 Å². The molecule has 0 aromatic heterocycles. The van der Waals surface area contributed by atoms with Crippen LogP contribution in [0.2, 0.25) is 5.02 Å². The third-order valence-corrected chi connectivity index (χ3v) is 4.43. The summed E-state index contributed by atoms with van der Waals surface area (Å²) in [6.07, 6.45) is 0. The zero-order valence-corrected chi connectivity index (χ0v) is 15.5. The van der Waals surface area contributed by atoms with Crippen molar-refractivity contribution < 1.29 is 4.79 Å². The molecule has 3 nitrogen and oxygen atoms in total. The topological polar surface area (TPSA) is 41.1 Å². The highest BCUT2D eigenvalue weighted by molar-refractivity contribution is 9.10. The van der Waals surface area contributed by atoms with Crippen LogP contribution in [-0.4, -0.2) is 12.5 Å². The molecule has 2 aromatic rings. The Balaban J connectivity index is 1.83. The van der Waals surface area contributed by atoms with Crippen molar-refractivity contribution in [2.45, 2.75) is 25.9 Å². The second-order valence-corrected chi connectivity index (χ2v) is 6.85. The molecule has 1 amide bonds. The van der Waals surface area contributed by atoms with E-state index in [-0.39, 0.29) is 24.5 Å². The highest BCUT2D eigenvalue weighted by atomic mass is 79.9. The van der Waals surface area contributed by atoms with Gasteiger partial charge in [-0.3, -0.25) is 4.79 Å². The normalized spacial score (nSPS) is 13.4. The van der Waals surface area contributed by atoms with Crippen LogP contribution in [0.25, 0.3) is 0 Å². The maximum atomic E-state index is 12.1. The Hall–Kier alpha value is -1.36. The van der Waals surface area contributed by atoms with Crippen LogP contribution in [0.1, 0.15) is 37.1 Å². The first-order valence-electron chi connectivity index (χ1n) is 7.49. The molecule has 0 radical (unpaired) electrons. The van der Waals surface area contributed by atoms with Gasteiger partial charge in [-0.1, -0.05) is 51.8 Å². The first-order valence-corrected chi connectivity index (χ1v) is 8.66. The molecular formula is C18H20BrClN2O. The summed E-state index contributed by atoms with van der Waals surface area (Å²) in [7, 11) is 0. The monoisotopic (exact) mass is 394 g/mol. The molecule has 0 heterocycles. The number of halogens is 2. The number of hydrogen-bond acceptors (Lipinski definition) is 2. The van der Waals surface area contributed by atoms with E-state index in [9.17, 15) is 4.79 Å². The first-order chi connectivity index (χ1) is 11.0. The van der Waals surface area contributed by atoms with Crippen LogP contribution >= 0.6 is 27.5 Å². The van der Waals surface area contributed by atoms with Gasteiger partial charge in [0.2, 0.25) is 5.91 Å². The molecule has 0 spiro atoms. The van der Waals surface area contributed by atoms with E-state index in [0.717, 1.165) is 15.6 Å². The Kier molecular flexibility index (Phi) is 6.63. The summed E-state index contributed by atoms with van der Waals surface area (Å²) in [4.78, 5) is 12.1. The lowest BCUT2D eigenvalue weighted by Gasteiger charge is -2.17. The number of hydrogen-bond donors (Lipinski definition) is 2. The van der Waals surface area contributed by atoms with Gasteiger partial charge in [-0.15, -0.1) is 0 Å². The lowest BCUT2D eigenvalue weighted by Crippen LogP contribution is -2.36. The number of carbonyl (C=O) groups excluding carboxylic acids is 1.